The van der Waals surface area contributed by atoms with Crippen molar-refractivity contribution < 1.29 is 27.8 Å². The summed E-state index contributed by atoms with van der Waals surface area (Å²) in [5, 5.41) is 10.8. The molecule has 172 valence electrons. The van der Waals surface area contributed by atoms with Crippen LogP contribution in [-0.4, -0.2) is 56.0 Å². The van der Waals surface area contributed by atoms with Gasteiger partial charge in [0.2, 0.25) is 0 Å². The first-order valence-corrected chi connectivity index (χ1v) is 10.6. The number of aromatic amines is 1. The van der Waals surface area contributed by atoms with E-state index in [2.05, 4.69) is 22.1 Å². The van der Waals surface area contributed by atoms with Crippen molar-refractivity contribution >= 4 is 5.78 Å². The number of H-pyrrole nitrogens is 1. The number of hydrogen-bond acceptors (Lipinski definition) is 6. The summed E-state index contributed by atoms with van der Waals surface area (Å²) in [6.07, 6.45) is 2.88. The number of rotatable bonds is 8. The highest BCUT2D eigenvalue weighted by atomic mass is 19.1. The Labute approximate surface area is 185 Å². The van der Waals surface area contributed by atoms with Crippen molar-refractivity contribution in [1.29, 1.82) is 0 Å². The zero-order chi connectivity index (χ0) is 22.8. The van der Waals surface area contributed by atoms with Crippen molar-refractivity contribution in [2.24, 2.45) is 0 Å². The van der Waals surface area contributed by atoms with Gasteiger partial charge in [0.25, 0.3) is 0 Å². The molecule has 1 fully saturated rings. The minimum Gasteiger partial charge on any atom is -0.494 e. The first-order valence-electron chi connectivity index (χ1n) is 10.6. The quantitative estimate of drug-likeness (QED) is 0.606. The number of nitrogens with zero attached hydrogens (tertiary/aromatic N) is 1. The van der Waals surface area contributed by atoms with Crippen LogP contribution in [0.3, 0.4) is 0 Å². The van der Waals surface area contributed by atoms with Gasteiger partial charge < -0.3 is 19.5 Å². The molecule has 0 radical (unpaired) electrons. The van der Waals surface area contributed by atoms with Gasteiger partial charge in [-0.2, -0.15) is 5.10 Å². The van der Waals surface area contributed by atoms with Crippen LogP contribution < -0.4 is 14.8 Å². The van der Waals surface area contributed by atoms with Crippen LogP contribution in [0, 0.1) is 11.6 Å². The van der Waals surface area contributed by atoms with Crippen LogP contribution in [0.5, 0.6) is 11.5 Å². The maximum atomic E-state index is 15.0. The average molecular weight is 447 g/mol. The third-order valence-corrected chi connectivity index (χ3v) is 6.40. The number of benzene rings is 1. The Balaban J connectivity index is 1.57. The zero-order valence-electron chi connectivity index (χ0n) is 18.2. The van der Waals surface area contributed by atoms with Crippen LogP contribution in [0.1, 0.15) is 40.8 Å². The van der Waals surface area contributed by atoms with E-state index in [1.165, 1.54) is 26.4 Å². The number of fused-ring (bicyclic) bond motifs is 1. The molecule has 1 saturated heterocycles. The normalized spacial score (nSPS) is 22.4. The van der Waals surface area contributed by atoms with E-state index in [0.29, 0.717) is 32.5 Å². The molecule has 32 heavy (non-hydrogen) atoms. The topological polar surface area (TPSA) is 85.5 Å². The number of nitrogens with one attached hydrogen (secondary N) is 2. The highest BCUT2D eigenvalue weighted by Crippen LogP contribution is 2.42. The molecule has 2 heterocycles. The van der Waals surface area contributed by atoms with Gasteiger partial charge in [-0.1, -0.05) is 6.58 Å². The van der Waals surface area contributed by atoms with E-state index in [1.54, 1.807) is 0 Å². The Bertz CT molecular complexity index is 995. The molecule has 2 N–H and O–H groups in total. The molecule has 7 nitrogen and oxygen atoms in total. The van der Waals surface area contributed by atoms with E-state index in [4.69, 9.17) is 14.2 Å². The SMILES string of the molecule is C=CC(=O)CN[C@@H]1COC[C@@H]1c1[nH]nc2c1CCC(c1c(F)c(OC)cc(OC)c1F)C2. The third-order valence-electron chi connectivity index (χ3n) is 6.40. The molecule has 2 aromatic rings. The number of carbonyl (C=O) groups is 1. The molecule has 0 bridgehead atoms. The number of hydrogen-bond donors (Lipinski definition) is 2. The second kappa shape index (κ2) is 9.38. The van der Waals surface area contributed by atoms with Gasteiger partial charge in [0.15, 0.2) is 28.9 Å². The predicted molar refractivity (Wildman–Crippen MR) is 113 cm³/mol. The van der Waals surface area contributed by atoms with Crippen molar-refractivity contribution in [3.8, 4) is 11.5 Å². The lowest BCUT2D eigenvalue weighted by Crippen LogP contribution is -2.38. The predicted octanol–water partition coefficient (Wildman–Crippen LogP) is 2.80. The lowest BCUT2D eigenvalue weighted by atomic mass is 9.80. The summed E-state index contributed by atoms with van der Waals surface area (Å²) < 4.78 is 45.8. The molecule has 4 rings (SSSR count). The van der Waals surface area contributed by atoms with E-state index in [1.807, 2.05) is 0 Å². The zero-order valence-corrected chi connectivity index (χ0v) is 18.2. The largest absolute Gasteiger partial charge is 0.494 e. The van der Waals surface area contributed by atoms with Gasteiger partial charge >= 0.3 is 0 Å². The number of ether oxygens (including phenoxy) is 3. The van der Waals surface area contributed by atoms with Crippen LogP contribution in [0.25, 0.3) is 0 Å². The van der Waals surface area contributed by atoms with Gasteiger partial charge in [0.1, 0.15) is 0 Å². The summed E-state index contributed by atoms with van der Waals surface area (Å²) in [5.41, 5.74) is 2.80. The second-order valence-corrected chi connectivity index (χ2v) is 8.13. The van der Waals surface area contributed by atoms with Crippen LogP contribution in [0.15, 0.2) is 18.7 Å². The van der Waals surface area contributed by atoms with E-state index in [9.17, 15) is 13.6 Å². The number of carbonyl (C=O) groups excluding carboxylic acids is 1. The van der Waals surface area contributed by atoms with E-state index < -0.39 is 11.6 Å². The molecular formula is C23H27F2N3O4. The highest BCUT2D eigenvalue weighted by molar-refractivity contribution is 5.90. The number of aromatic nitrogens is 2. The summed E-state index contributed by atoms with van der Waals surface area (Å²) >= 11 is 0. The fourth-order valence-electron chi connectivity index (χ4n) is 4.68. The Hall–Kier alpha value is -2.78. The molecule has 0 spiro atoms. The van der Waals surface area contributed by atoms with Crippen molar-refractivity contribution in [2.75, 3.05) is 34.0 Å². The lowest BCUT2D eigenvalue weighted by molar-refractivity contribution is -0.113. The van der Waals surface area contributed by atoms with Crippen LogP contribution in [-0.2, 0) is 22.4 Å². The van der Waals surface area contributed by atoms with Crippen molar-refractivity contribution in [1.82, 2.24) is 15.5 Å². The van der Waals surface area contributed by atoms with Gasteiger partial charge in [-0.3, -0.25) is 9.89 Å². The number of halogens is 2. The van der Waals surface area contributed by atoms with E-state index in [0.717, 1.165) is 17.0 Å². The molecule has 1 aliphatic carbocycles. The number of ketones is 1. The maximum Gasteiger partial charge on any atom is 0.171 e. The molecule has 0 saturated carbocycles. The highest BCUT2D eigenvalue weighted by Gasteiger charge is 2.37. The van der Waals surface area contributed by atoms with Crippen molar-refractivity contribution in [3.63, 3.8) is 0 Å². The summed E-state index contributed by atoms with van der Waals surface area (Å²) in [5.74, 6) is -1.93. The Morgan fingerprint density at radius 1 is 1.31 bits per heavy atom. The van der Waals surface area contributed by atoms with E-state index >= 15 is 0 Å². The first-order chi connectivity index (χ1) is 15.5. The van der Waals surface area contributed by atoms with E-state index in [-0.39, 0.29) is 47.3 Å². The van der Waals surface area contributed by atoms with Crippen LogP contribution in [0.4, 0.5) is 8.78 Å². The summed E-state index contributed by atoms with van der Waals surface area (Å²) in [6.45, 7) is 4.69. The maximum absolute atomic E-state index is 15.0. The van der Waals surface area contributed by atoms with Gasteiger partial charge in [-0.25, -0.2) is 8.78 Å². The Morgan fingerprint density at radius 2 is 2.03 bits per heavy atom. The molecule has 1 aromatic carbocycles. The van der Waals surface area contributed by atoms with Crippen LogP contribution in [0.2, 0.25) is 0 Å². The van der Waals surface area contributed by atoms with Gasteiger partial charge in [-0.05, 0) is 36.8 Å². The number of methoxy groups -OCH3 is 2. The van der Waals surface area contributed by atoms with Crippen molar-refractivity contribution in [2.45, 2.75) is 37.1 Å². The average Bonchev–Trinajstić information content (AvgIpc) is 3.43. The van der Waals surface area contributed by atoms with Gasteiger partial charge in [0, 0.05) is 29.3 Å². The first kappa shape index (κ1) is 22.4. The Kier molecular flexibility index (Phi) is 6.57. The van der Waals surface area contributed by atoms with Gasteiger partial charge in [0.05, 0.1) is 39.7 Å². The smallest absolute Gasteiger partial charge is 0.171 e. The van der Waals surface area contributed by atoms with Crippen LogP contribution >= 0.6 is 0 Å². The molecule has 1 unspecified atom stereocenters. The summed E-state index contributed by atoms with van der Waals surface area (Å²) in [6, 6.07) is 1.19. The molecule has 2 aliphatic rings. The Morgan fingerprint density at radius 3 is 2.69 bits per heavy atom. The molecular weight excluding hydrogens is 420 g/mol. The minimum absolute atomic E-state index is 0.0193. The molecule has 9 heteroatoms. The fourth-order valence-corrected chi connectivity index (χ4v) is 4.68. The fraction of sp³-hybridized carbons (Fsp3) is 0.478. The minimum atomic E-state index is -0.699. The summed E-state index contributed by atoms with van der Waals surface area (Å²) in [7, 11) is 2.69. The lowest BCUT2D eigenvalue weighted by Gasteiger charge is -2.25. The molecule has 1 aromatic heterocycles. The standard InChI is InChI=1S/C23H27F2N3O4/c1-4-13(29)9-26-17-11-32-10-15(17)23-14-6-5-12(7-16(14)27-28-23)20-21(24)18(30-2)8-19(31-3)22(20)25/h4,8,12,15,17,26H,1,5-7,9-11H2,2-3H3,(H,27,28)/t12?,15-,17+/m0/s1. The summed E-state index contributed by atoms with van der Waals surface area (Å²) in [4.78, 5) is 11.6. The molecule has 3 atom stereocenters. The monoisotopic (exact) mass is 447 g/mol. The third kappa shape index (κ3) is 4.02. The molecule has 1 aliphatic heterocycles. The second-order valence-electron chi connectivity index (χ2n) is 8.13. The van der Waals surface area contributed by atoms with Crippen molar-refractivity contribution in [3.05, 3.63) is 52.9 Å². The van der Waals surface area contributed by atoms with Gasteiger partial charge in [-0.15, -0.1) is 0 Å². The molecule has 0 amide bonds.